The zero-order valence-corrected chi connectivity index (χ0v) is 17.3. The number of benzene rings is 2. The first-order valence-electron chi connectivity index (χ1n) is 9.87. The molecule has 2 aromatic carbocycles. The van der Waals surface area contributed by atoms with Crippen LogP contribution in [0.4, 0.5) is 10.5 Å². The summed E-state index contributed by atoms with van der Waals surface area (Å²) in [6.07, 6.45) is 1.58. The molecule has 1 fully saturated rings. The highest BCUT2D eigenvalue weighted by atomic mass is 35.5. The van der Waals surface area contributed by atoms with Gasteiger partial charge in [-0.1, -0.05) is 36.7 Å². The minimum absolute atomic E-state index is 0.00792. The number of rotatable bonds is 5. The third-order valence-corrected chi connectivity index (χ3v) is 5.19. The van der Waals surface area contributed by atoms with Crippen molar-refractivity contribution in [2.45, 2.75) is 19.8 Å². The molecule has 2 aromatic rings. The summed E-state index contributed by atoms with van der Waals surface area (Å²) in [4.78, 5) is 28.6. The van der Waals surface area contributed by atoms with Crippen molar-refractivity contribution < 1.29 is 14.3 Å². The van der Waals surface area contributed by atoms with Gasteiger partial charge in [-0.15, -0.1) is 0 Å². The van der Waals surface area contributed by atoms with Crippen molar-refractivity contribution in [3.63, 3.8) is 0 Å². The number of hydrogen-bond acceptors (Lipinski definition) is 3. The Morgan fingerprint density at radius 3 is 2.45 bits per heavy atom. The average molecular weight is 416 g/mol. The molecule has 6 nitrogen and oxygen atoms in total. The number of halogens is 1. The van der Waals surface area contributed by atoms with Crippen LogP contribution in [0.5, 0.6) is 5.75 Å². The number of ether oxygens (including phenoxy) is 1. The second-order valence-corrected chi connectivity index (χ2v) is 7.34. The van der Waals surface area contributed by atoms with Gasteiger partial charge in [0, 0.05) is 36.9 Å². The van der Waals surface area contributed by atoms with Crippen molar-refractivity contribution in [1.82, 2.24) is 9.80 Å². The molecular formula is C22H26ClN3O3. The van der Waals surface area contributed by atoms with Gasteiger partial charge in [-0.3, -0.25) is 4.79 Å². The Hall–Kier alpha value is -2.73. The molecule has 1 aliphatic heterocycles. The first-order valence-corrected chi connectivity index (χ1v) is 10.2. The molecule has 1 saturated heterocycles. The minimum atomic E-state index is -0.172. The van der Waals surface area contributed by atoms with E-state index in [0.717, 1.165) is 24.2 Å². The Bertz CT molecular complexity index is 841. The van der Waals surface area contributed by atoms with Gasteiger partial charge < -0.3 is 19.9 Å². The van der Waals surface area contributed by atoms with Crippen LogP contribution in [0.2, 0.25) is 5.02 Å². The fourth-order valence-corrected chi connectivity index (χ4v) is 3.40. The van der Waals surface area contributed by atoms with Crippen LogP contribution in [0.25, 0.3) is 0 Å². The number of hydrogen-bond donors (Lipinski definition) is 1. The Labute approximate surface area is 176 Å². The summed E-state index contributed by atoms with van der Waals surface area (Å²) in [6, 6.07) is 14.6. The molecule has 0 bridgehead atoms. The zero-order chi connectivity index (χ0) is 20.6. The fourth-order valence-electron chi connectivity index (χ4n) is 3.27. The standard InChI is InChI=1S/C22H26ClN3O3/c1-2-17-6-3-4-7-20(17)29-16-21(27)25-12-5-13-26(15-14-25)22(28)24-19-10-8-18(23)9-11-19/h3-4,6-11H,2,5,12-16H2,1H3,(H,24,28). The van der Waals surface area contributed by atoms with E-state index < -0.39 is 0 Å². The van der Waals surface area contributed by atoms with E-state index in [2.05, 4.69) is 12.2 Å². The lowest BCUT2D eigenvalue weighted by Crippen LogP contribution is -2.40. The first kappa shape index (κ1) is 21.0. The molecule has 0 aliphatic carbocycles. The predicted molar refractivity (Wildman–Crippen MR) is 115 cm³/mol. The van der Waals surface area contributed by atoms with Crippen LogP contribution in [0.3, 0.4) is 0 Å². The average Bonchev–Trinajstić information content (AvgIpc) is 3.00. The van der Waals surface area contributed by atoms with E-state index in [0.29, 0.717) is 36.9 Å². The number of urea groups is 1. The summed E-state index contributed by atoms with van der Waals surface area (Å²) in [5, 5.41) is 3.49. The van der Waals surface area contributed by atoms with Crippen LogP contribution >= 0.6 is 11.6 Å². The molecule has 0 atom stereocenters. The SMILES string of the molecule is CCc1ccccc1OCC(=O)N1CCCN(C(=O)Nc2ccc(Cl)cc2)CC1. The second kappa shape index (κ2) is 10.2. The van der Waals surface area contributed by atoms with E-state index in [-0.39, 0.29) is 18.5 Å². The van der Waals surface area contributed by atoms with Crippen LogP contribution in [0.15, 0.2) is 48.5 Å². The number of aryl methyl sites for hydroxylation is 1. The Morgan fingerprint density at radius 2 is 1.69 bits per heavy atom. The Morgan fingerprint density at radius 1 is 1.00 bits per heavy atom. The van der Waals surface area contributed by atoms with Gasteiger partial charge in [-0.25, -0.2) is 4.79 Å². The summed E-state index contributed by atoms with van der Waals surface area (Å²) in [5.74, 6) is 0.693. The van der Waals surface area contributed by atoms with Crippen molar-refractivity contribution in [1.29, 1.82) is 0 Å². The lowest BCUT2D eigenvalue weighted by molar-refractivity contribution is -0.133. The van der Waals surface area contributed by atoms with Crippen LogP contribution < -0.4 is 10.1 Å². The highest BCUT2D eigenvalue weighted by Crippen LogP contribution is 2.18. The van der Waals surface area contributed by atoms with E-state index in [4.69, 9.17) is 16.3 Å². The van der Waals surface area contributed by atoms with Crippen molar-refractivity contribution in [3.05, 3.63) is 59.1 Å². The van der Waals surface area contributed by atoms with Crippen molar-refractivity contribution >= 4 is 29.2 Å². The third kappa shape index (κ3) is 5.87. The van der Waals surface area contributed by atoms with Gasteiger partial charge in [0.1, 0.15) is 5.75 Å². The maximum Gasteiger partial charge on any atom is 0.321 e. The minimum Gasteiger partial charge on any atom is -0.483 e. The molecule has 3 rings (SSSR count). The van der Waals surface area contributed by atoms with Gasteiger partial charge in [0.25, 0.3) is 5.91 Å². The molecule has 0 unspecified atom stereocenters. The Balaban J connectivity index is 1.50. The molecule has 1 aliphatic rings. The topological polar surface area (TPSA) is 61.9 Å². The van der Waals surface area contributed by atoms with Gasteiger partial charge in [0.05, 0.1) is 0 Å². The number of nitrogens with zero attached hydrogens (tertiary/aromatic N) is 2. The van der Waals surface area contributed by atoms with E-state index in [1.54, 1.807) is 34.1 Å². The zero-order valence-electron chi connectivity index (χ0n) is 16.6. The van der Waals surface area contributed by atoms with Gasteiger partial charge in [-0.05, 0) is 48.7 Å². The molecule has 0 aromatic heterocycles. The summed E-state index contributed by atoms with van der Waals surface area (Å²) < 4.78 is 5.75. The smallest absolute Gasteiger partial charge is 0.321 e. The number of para-hydroxylation sites is 1. The summed E-state index contributed by atoms with van der Waals surface area (Å²) in [6.45, 7) is 4.25. The van der Waals surface area contributed by atoms with Gasteiger partial charge in [-0.2, -0.15) is 0 Å². The molecule has 0 radical (unpaired) electrons. The molecule has 29 heavy (non-hydrogen) atoms. The van der Waals surface area contributed by atoms with Crippen LogP contribution in [0.1, 0.15) is 18.9 Å². The van der Waals surface area contributed by atoms with E-state index >= 15 is 0 Å². The van der Waals surface area contributed by atoms with Crippen LogP contribution in [0, 0.1) is 0 Å². The Kier molecular flexibility index (Phi) is 7.36. The quantitative estimate of drug-likeness (QED) is 0.801. The molecule has 154 valence electrons. The lowest BCUT2D eigenvalue weighted by atomic mass is 10.1. The van der Waals surface area contributed by atoms with Gasteiger partial charge in [0.15, 0.2) is 6.61 Å². The first-order chi connectivity index (χ1) is 14.1. The highest BCUT2D eigenvalue weighted by Gasteiger charge is 2.22. The summed E-state index contributed by atoms with van der Waals surface area (Å²) >= 11 is 5.88. The molecule has 7 heteroatoms. The summed E-state index contributed by atoms with van der Waals surface area (Å²) in [5.41, 5.74) is 1.78. The second-order valence-electron chi connectivity index (χ2n) is 6.91. The molecule has 0 spiro atoms. The van der Waals surface area contributed by atoms with E-state index in [1.807, 2.05) is 24.3 Å². The van der Waals surface area contributed by atoms with Crippen molar-refractivity contribution in [3.8, 4) is 5.75 Å². The van der Waals surface area contributed by atoms with E-state index in [9.17, 15) is 9.59 Å². The molecule has 1 heterocycles. The molecule has 3 amide bonds. The monoisotopic (exact) mass is 415 g/mol. The fraction of sp³-hybridized carbons (Fsp3) is 0.364. The van der Waals surface area contributed by atoms with Crippen molar-refractivity contribution in [2.75, 3.05) is 38.1 Å². The number of nitrogens with one attached hydrogen (secondary N) is 1. The number of carbonyl (C=O) groups is 2. The number of amides is 3. The third-order valence-electron chi connectivity index (χ3n) is 4.94. The number of anilines is 1. The highest BCUT2D eigenvalue weighted by molar-refractivity contribution is 6.30. The van der Waals surface area contributed by atoms with Crippen LogP contribution in [-0.4, -0.2) is 54.5 Å². The van der Waals surface area contributed by atoms with Crippen molar-refractivity contribution in [2.24, 2.45) is 0 Å². The van der Waals surface area contributed by atoms with Gasteiger partial charge >= 0.3 is 6.03 Å². The van der Waals surface area contributed by atoms with Gasteiger partial charge in [0.2, 0.25) is 0 Å². The number of carbonyl (C=O) groups excluding carboxylic acids is 2. The molecule has 0 saturated carbocycles. The maximum absolute atomic E-state index is 12.6. The normalized spacial score (nSPS) is 14.3. The maximum atomic E-state index is 12.6. The lowest BCUT2D eigenvalue weighted by Gasteiger charge is -2.22. The van der Waals surface area contributed by atoms with Crippen LogP contribution in [-0.2, 0) is 11.2 Å². The molecule has 1 N–H and O–H groups in total. The summed E-state index contributed by atoms with van der Waals surface area (Å²) in [7, 11) is 0. The van der Waals surface area contributed by atoms with E-state index in [1.165, 1.54) is 0 Å². The molecular weight excluding hydrogens is 390 g/mol. The largest absolute Gasteiger partial charge is 0.483 e. The predicted octanol–water partition coefficient (Wildman–Crippen LogP) is 4.05.